The molecule has 0 saturated carbocycles. The van der Waals surface area contributed by atoms with E-state index in [0.717, 1.165) is 6.07 Å². The van der Waals surface area contributed by atoms with Gasteiger partial charge in [0.25, 0.3) is 0 Å². The van der Waals surface area contributed by atoms with Gasteiger partial charge in [0.2, 0.25) is 0 Å². The summed E-state index contributed by atoms with van der Waals surface area (Å²) in [6, 6.07) is 15.5. The van der Waals surface area contributed by atoms with Crippen molar-refractivity contribution in [3.8, 4) is 22.8 Å². The average Bonchev–Trinajstić information content (AvgIpc) is 3.19. The van der Waals surface area contributed by atoms with Crippen LogP contribution < -0.4 is 4.74 Å². The third-order valence-electron chi connectivity index (χ3n) is 5.55. The van der Waals surface area contributed by atoms with Crippen LogP contribution in [-0.2, 0) is 21.4 Å². The monoisotopic (exact) mass is 502 g/mol. The summed E-state index contributed by atoms with van der Waals surface area (Å²) in [4.78, 5) is 4.58. The van der Waals surface area contributed by atoms with Gasteiger partial charge >= 0.3 is 6.18 Å². The van der Waals surface area contributed by atoms with Gasteiger partial charge in [0.1, 0.15) is 17.1 Å². The molecule has 0 bridgehead atoms. The summed E-state index contributed by atoms with van der Waals surface area (Å²) in [5.41, 5.74) is 0.163. The molecule has 2 aromatic heterocycles. The van der Waals surface area contributed by atoms with Gasteiger partial charge in [-0.05, 0) is 42.5 Å². The highest BCUT2D eigenvalue weighted by molar-refractivity contribution is 7.91. The van der Waals surface area contributed by atoms with Gasteiger partial charge in [-0.3, -0.25) is 4.40 Å². The summed E-state index contributed by atoms with van der Waals surface area (Å²) in [7, 11) is -3.40. The zero-order chi connectivity index (χ0) is 25.6. The van der Waals surface area contributed by atoms with Crippen LogP contribution in [0.4, 0.5) is 13.2 Å². The van der Waals surface area contributed by atoms with E-state index in [1.165, 1.54) is 22.6 Å². The molecule has 5 nitrogen and oxygen atoms in total. The largest absolute Gasteiger partial charge is 0.457 e. The maximum atomic E-state index is 13.7. The smallest absolute Gasteiger partial charge is 0.419 e. The molecular formula is C26H25F3N2O3S. The second-order valence-corrected chi connectivity index (χ2v) is 11.5. The normalized spacial score (nSPS) is 12.8. The Labute approximate surface area is 202 Å². The summed E-state index contributed by atoms with van der Waals surface area (Å²) >= 11 is 0. The highest BCUT2D eigenvalue weighted by Crippen LogP contribution is 2.39. The minimum atomic E-state index is -4.55. The molecule has 9 heteroatoms. The molecule has 0 unspecified atom stereocenters. The van der Waals surface area contributed by atoms with Crippen molar-refractivity contribution in [1.82, 2.24) is 9.38 Å². The molecule has 0 aliphatic rings. The first-order valence-electron chi connectivity index (χ1n) is 11.0. The molecule has 35 heavy (non-hydrogen) atoms. The molecule has 184 valence electrons. The lowest BCUT2D eigenvalue weighted by atomic mass is 9.89. The number of imidazole rings is 1. The minimum absolute atomic E-state index is 0.0320. The Morgan fingerprint density at radius 2 is 1.60 bits per heavy atom. The molecule has 0 atom stereocenters. The number of pyridine rings is 1. The quantitative estimate of drug-likeness (QED) is 0.298. The molecule has 2 aromatic carbocycles. The zero-order valence-electron chi connectivity index (χ0n) is 19.7. The molecule has 0 amide bonds. The lowest BCUT2D eigenvalue weighted by Gasteiger charge is -2.18. The number of halogens is 3. The first kappa shape index (κ1) is 24.8. The zero-order valence-corrected chi connectivity index (χ0v) is 20.5. The van der Waals surface area contributed by atoms with Crippen molar-refractivity contribution >= 4 is 15.5 Å². The Hall–Kier alpha value is -3.33. The van der Waals surface area contributed by atoms with Gasteiger partial charge in [-0.25, -0.2) is 13.4 Å². The molecule has 4 rings (SSSR count). The Morgan fingerprint density at radius 3 is 2.23 bits per heavy atom. The van der Waals surface area contributed by atoms with Gasteiger partial charge in [0, 0.05) is 17.2 Å². The second-order valence-electron chi connectivity index (χ2n) is 9.18. The third-order valence-corrected chi connectivity index (χ3v) is 7.29. The van der Waals surface area contributed by atoms with Gasteiger partial charge in [0.15, 0.2) is 9.84 Å². The second kappa shape index (κ2) is 8.71. The van der Waals surface area contributed by atoms with Crippen LogP contribution in [0.2, 0.25) is 0 Å². The number of hydrogen-bond donors (Lipinski definition) is 0. The first-order valence-corrected chi connectivity index (χ1v) is 12.7. The fourth-order valence-corrected chi connectivity index (χ4v) is 4.74. The lowest BCUT2D eigenvalue weighted by Crippen LogP contribution is -2.13. The van der Waals surface area contributed by atoms with Crippen LogP contribution in [0.3, 0.4) is 0 Å². The van der Waals surface area contributed by atoms with E-state index in [1.807, 2.05) is 20.8 Å². The van der Waals surface area contributed by atoms with Gasteiger partial charge in [-0.15, -0.1) is 0 Å². The number of ether oxygens (including phenoxy) is 1. The summed E-state index contributed by atoms with van der Waals surface area (Å²) < 4.78 is 72.9. The van der Waals surface area contributed by atoms with Crippen molar-refractivity contribution in [3.63, 3.8) is 0 Å². The molecule has 0 N–H and O–H groups in total. The molecule has 0 aliphatic heterocycles. The molecule has 0 spiro atoms. The summed E-state index contributed by atoms with van der Waals surface area (Å²) in [5, 5.41) is 0. The van der Waals surface area contributed by atoms with Crippen LogP contribution in [0.1, 0.15) is 39.0 Å². The molecular weight excluding hydrogens is 477 g/mol. The minimum Gasteiger partial charge on any atom is -0.457 e. The summed E-state index contributed by atoms with van der Waals surface area (Å²) in [5.74, 6) is 0.718. The van der Waals surface area contributed by atoms with E-state index >= 15 is 0 Å². The van der Waals surface area contributed by atoms with E-state index in [0.29, 0.717) is 28.5 Å². The third kappa shape index (κ3) is 4.91. The van der Waals surface area contributed by atoms with Gasteiger partial charge in [-0.1, -0.05) is 45.9 Å². The average molecular weight is 503 g/mol. The molecule has 0 fully saturated rings. The first-order chi connectivity index (χ1) is 16.3. The van der Waals surface area contributed by atoms with Crippen LogP contribution in [0.5, 0.6) is 11.5 Å². The predicted octanol–water partition coefficient (Wildman–Crippen LogP) is 6.90. The van der Waals surface area contributed by atoms with Crippen LogP contribution in [0, 0.1) is 0 Å². The maximum Gasteiger partial charge on any atom is 0.419 e. The predicted molar refractivity (Wildman–Crippen MR) is 129 cm³/mol. The lowest BCUT2D eigenvalue weighted by molar-refractivity contribution is -0.136. The van der Waals surface area contributed by atoms with E-state index in [4.69, 9.17) is 4.74 Å². The van der Waals surface area contributed by atoms with Crippen molar-refractivity contribution in [2.45, 2.75) is 44.2 Å². The number of fused-ring (bicyclic) bond motifs is 1. The molecule has 0 aliphatic carbocycles. The number of hydrogen-bond acceptors (Lipinski definition) is 4. The van der Waals surface area contributed by atoms with Crippen molar-refractivity contribution in [2.75, 3.05) is 5.75 Å². The highest BCUT2D eigenvalue weighted by Gasteiger charge is 2.36. The Kier molecular flexibility index (Phi) is 6.17. The molecule has 4 aromatic rings. The number of aromatic nitrogens is 2. The van der Waals surface area contributed by atoms with E-state index in [1.54, 1.807) is 49.5 Å². The van der Waals surface area contributed by atoms with Crippen molar-refractivity contribution in [3.05, 3.63) is 78.1 Å². The van der Waals surface area contributed by atoms with Crippen LogP contribution >= 0.6 is 0 Å². The van der Waals surface area contributed by atoms with Gasteiger partial charge in [0.05, 0.1) is 27.6 Å². The SMILES string of the molecule is CCS(=O)(=O)c1cccc(Oc2cccc(-c3c(C(C)(C)C)nc4c(C(F)(F)F)cccn34)c2)c1. The van der Waals surface area contributed by atoms with Crippen LogP contribution in [-0.4, -0.2) is 23.6 Å². The van der Waals surface area contributed by atoms with Gasteiger partial charge in [-0.2, -0.15) is 13.2 Å². The maximum absolute atomic E-state index is 13.7. The van der Waals surface area contributed by atoms with E-state index < -0.39 is 27.0 Å². The topological polar surface area (TPSA) is 60.7 Å². The summed E-state index contributed by atoms with van der Waals surface area (Å²) in [6.45, 7) is 7.25. The highest BCUT2D eigenvalue weighted by atomic mass is 32.2. The van der Waals surface area contributed by atoms with E-state index in [9.17, 15) is 21.6 Å². The number of sulfone groups is 1. The van der Waals surface area contributed by atoms with Crippen LogP contribution in [0.25, 0.3) is 16.9 Å². The Balaban J connectivity index is 1.84. The fraction of sp³-hybridized carbons (Fsp3) is 0.269. The number of alkyl halides is 3. The molecule has 2 heterocycles. The molecule has 0 saturated heterocycles. The van der Waals surface area contributed by atoms with E-state index in [2.05, 4.69) is 4.98 Å². The number of rotatable bonds is 5. The van der Waals surface area contributed by atoms with Gasteiger partial charge < -0.3 is 4.74 Å². The number of benzene rings is 2. The fourth-order valence-electron chi connectivity index (χ4n) is 3.83. The van der Waals surface area contributed by atoms with Crippen molar-refractivity contribution in [2.24, 2.45) is 0 Å². The number of nitrogens with zero attached hydrogens (tertiary/aromatic N) is 2. The Morgan fingerprint density at radius 1 is 0.943 bits per heavy atom. The summed E-state index contributed by atoms with van der Waals surface area (Å²) in [6.07, 6.45) is -2.98. The standard InChI is InChI=1S/C26H25F3N2O3S/c1-5-35(32,33)20-12-7-11-19(16-20)34-18-10-6-9-17(15-18)22-23(25(2,3)4)30-24-21(26(27,28)29)13-8-14-31(22)24/h6-16H,5H2,1-4H3. The molecule has 0 radical (unpaired) electrons. The Bertz CT molecular complexity index is 1500. The van der Waals surface area contributed by atoms with Crippen molar-refractivity contribution < 1.29 is 26.3 Å². The van der Waals surface area contributed by atoms with Crippen LogP contribution in [0.15, 0.2) is 71.8 Å². The van der Waals surface area contributed by atoms with E-state index in [-0.39, 0.29) is 16.3 Å². The van der Waals surface area contributed by atoms with Crippen molar-refractivity contribution in [1.29, 1.82) is 0 Å².